The summed E-state index contributed by atoms with van der Waals surface area (Å²) in [7, 11) is 0. The molecule has 6 nitrogen and oxygen atoms in total. The number of aromatic nitrogens is 1. The number of furan rings is 1. The van der Waals surface area contributed by atoms with E-state index >= 15 is 0 Å². The number of hydrogen-bond acceptors (Lipinski definition) is 4. The maximum Gasteiger partial charge on any atom is 0.268 e. The Morgan fingerprint density at radius 2 is 1.82 bits per heavy atom. The van der Waals surface area contributed by atoms with Crippen LogP contribution in [0.25, 0.3) is 11.1 Å². The molecule has 5 rings (SSSR count). The van der Waals surface area contributed by atoms with Gasteiger partial charge in [-0.3, -0.25) is 4.79 Å². The zero-order chi connectivity index (χ0) is 18.9. The highest BCUT2D eigenvalue weighted by atomic mass is 16.7. The van der Waals surface area contributed by atoms with Crippen LogP contribution in [-0.4, -0.2) is 17.3 Å². The Labute approximate surface area is 161 Å². The molecule has 4 aromatic rings. The molecule has 3 heterocycles. The highest BCUT2D eigenvalue weighted by molar-refractivity contribution is 5.97. The minimum atomic E-state index is -0.143. The summed E-state index contributed by atoms with van der Waals surface area (Å²) < 4.78 is 18.3. The molecule has 1 aliphatic rings. The third kappa shape index (κ3) is 2.99. The van der Waals surface area contributed by atoms with Crippen molar-refractivity contribution in [2.75, 3.05) is 6.79 Å². The van der Waals surface area contributed by atoms with Crippen LogP contribution in [-0.2, 0) is 13.1 Å². The molecule has 1 N–H and O–H groups in total. The van der Waals surface area contributed by atoms with Gasteiger partial charge < -0.3 is 23.8 Å². The smallest absolute Gasteiger partial charge is 0.268 e. The fourth-order valence-electron chi connectivity index (χ4n) is 3.43. The fraction of sp³-hybridized carbons (Fsp3) is 0.136. The summed E-state index contributed by atoms with van der Waals surface area (Å²) in [4.78, 5) is 12.9. The molecule has 0 bridgehead atoms. The number of ether oxygens (including phenoxy) is 2. The van der Waals surface area contributed by atoms with Gasteiger partial charge in [0.05, 0.1) is 11.8 Å². The number of carbonyl (C=O) groups is 1. The second-order valence-electron chi connectivity index (χ2n) is 6.64. The summed E-state index contributed by atoms with van der Waals surface area (Å²) in [6.07, 6.45) is 1.63. The first-order valence-corrected chi connectivity index (χ1v) is 9.05. The van der Waals surface area contributed by atoms with Crippen LogP contribution in [0.15, 0.2) is 71.3 Å². The maximum atomic E-state index is 12.9. The van der Waals surface area contributed by atoms with E-state index < -0.39 is 0 Å². The Hall–Kier alpha value is -3.67. The Bertz CT molecular complexity index is 1140. The molecular formula is C22H18N2O4. The van der Waals surface area contributed by atoms with Gasteiger partial charge in [0.25, 0.3) is 5.91 Å². The van der Waals surface area contributed by atoms with Crippen molar-refractivity contribution >= 4 is 17.0 Å². The fourth-order valence-corrected chi connectivity index (χ4v) is 3.43. The van der Waals surface area contributed by atoms with Crippen molar-refractivity contribution < 1.29 is 18.7 Å². The van der Waals surface area contributed by atoms with Gasteiger partial charge in [-0.15, -0.1) is 0 Å². The van der Waals surface area contributed by atoms with Gasteiger partial charge in [0.2, 0.25) is 6.79 Å². The number of carbonyl (C=O) groups excluding carboxylic acids is 1. The summed E-state index contributed by atoms with van der Waals surface area (Å²) in [5.41, 5.74) is 4.18. The molecule has 0 saturated heterocycles. The number of rotatable bonds is 5. The van der Waals surface area contributed by atoms with Crippen LogP contribution in [0.3, 0.4) is 0 Å². The largest absolute Gasteiger partial charge is 0.463 e. The number of benzene rings is 2. The van der Waals surface area contributed by atoms with E-state index in [2.05, 4.69) is 5.32 Å². The van der Waals surface area contributed by atoms with Gasteiger partial charge in [-0.05, 0) is 23.3 Å². The average Bonchev–Trinajstić information content (AvgIpc) is 3.44. The molecule has 140 valence electrons. The Kier molecular flexibility index (Phi) is 4.01. The molecule has 0 unspecified atom stereocenters. The molecule has 0 fully saturated rings. The van der Waals surface area contributed by atoms with Crippen molar-refractivity contribution in [3.05, 3.63) is 83.7 Å². The third-order valence-corrected chi connectivity index (χ3v) is 4.83. The van der Waals surface area contributed by atoms with E-state index in [1.807, 2.05) is 59.2 Å². The second kappa shape index (κ2) is 6.81. The van der Waals surface area contributed by atoms with Crippen LogP contribution in [0.5, 0.6) is 11.5 Å². The van der Waals surface area contributed by atoms with Crippen molar-refractivity contribution in [2.24, 2.45) is 0 Å². The molecule has 0 saturated carbocycles. The molecule has 0 spiro atoms. The van der Waals surface area contributed by atoms with Crippen LogP contribution >= 0.6 is 0 Å². The first-order chi connectivity index (χ1) is 13.8. The van der Waals surface area contributed by atoms with Crippen LogP contribution in [0.2, 0.25) is 0 Å². The topological polar surface area (TPSA) is 65.6 Å². The number of amides is 1. The average molecular weight is 374 g/mol. The quantitative estimate of drug-likeness (QED) is 0.575. The molecule has 0 radical (unpaired) electrons. The molecule has 1 amide bonds. The van der Waals surface area contributed by atoms with Crippen LogP contribution < -0.4 is 14.8 Å². The summed E-state index contributed by atoms with van der Waals surface area (Å²) in [5, 5.41) is 2.99. The van der Waals surface area contributed by atoms with Gasteiger partial charge in [-0.1, -0.05) is 36.4 Å². The molecule has 6 heteroatoms. The summed E-state index contributed by atoms with van der Waals surface area (Å²) in [6, 6.07) is 19.3. The van der Waals surface area contributed by atoms with Gasteiger partial charge in [-0.2, -0.15) is 0 Å². The lowest BCUT2D eigenvalue weighted by Crippen LogP contribution is -2.25. The Balaban J connectivity index is 1.43. The highest BCUT2D eigenvalue weighted by Crippen LogP contribution is 2.33. The van der Waals surface area contributed by atoms with E-state index in [0.717, 1.165) is 28.1 Å². The standard InChI is InChI=1S/C22H18N2O4/c25-22(23-12-15-4-2-1-3-5-15)18-11-20-17(8-9-26-20)24(18)13-16-6-7-19-21(10-16)28-14-27-19/h1-11H,12-14H2,(H,23,25). The van der Waals surface area contributed by atoms with Crippen molar-refractivity contribution in [3.63, 3.8) is 0 Å². The summed E-state index contributed by atoms with van der Waals surface area (Å²) in [6.45, 7) is 1.23. The van der Waals surface area contributed by atoms with Gasteiger partial charge >= 0.3 is 0 Å². The number of hydrogen-bond donors (Lipinski definition) is 1. The van der Waals surface area contributed by atoms with Gasteiger partial charge in [0, 0.05) is 25.2 Å². The van der Waals surface area contributed by atoms with Crippen LogP contribution in [0.4, 0.5) is 0 Å². The molecule has 2 aromatic carbocycles. The lowest BCUT2D eigenvalue weighted by Gasteiger charge is -2.11. The van der Waals surface area contributed by atoms with Gasteiger partial charge in [-0.25, -0.2) is 0 Å². The molecule has 28 heavy (non-hydrogen) atoms. The molecule has 1 aliphatic heterocycles. The maximum absolute atomic E-state index is 12.9. The van der Waals surface area contributed by atoms with E-state index in [1.165, 1.54) is 0 Å². The monoisotopic (exact) mass is 374 g/mol. The lowest BCUT2D eigenvalue weighted by atomic mass is 10.2. The normalized spacial score (nSPS) is 12.4. The van der Waals surface area contributed by atoms with E-state index in [1.54, 1.807) is 12.3 Å². The van der Waals surface area contributed by atoms with E-state index in [9.17, 15) is 4.79 Å². The van der Waals surface area contributed by atoms with Crippen LogP contribution in [0.1, 0.15) is 21.6 Å². The van der Waals surface area contributed by atoms with E-state index in [0.29, 0.717) is 24.4 Å². The SMILES string of the molecule is O=C(NCc1ccccc1)c1cc2occc2n1Cc1ccc2c(c1)OCO2. The van der Waals surface area contributed by atoms with Crippen molar-refractivity contribution in [1.82, 2.24) is 9.88 Å². The summed E-state index contributed by atoms with van der Waals surface area (Å²) in [5.74, 6) is 1.32. The third-order valence-electron chi connectivity index (χ3n) is 4.83. The molecule has 2 aromatic heterocycles. The molecular weight excluding hydrogens is 356 g/mol. The van der Waals surface area contributed by atoms with Gasteiger partial charge in [0.15, 0.2) is 17.1 Å². The predicted molar refractivity (Wildman–Crippen MR) is 103 cm³/mol. The van der Waals surface area contributed by atoms with Crippen molar-refractivity contribution in [1.29, 1.82) is 0 Å². The minimum absolute atomic E-state index is 0.143. The molecule has 0 aliphatic carbocycles. The highest BCUT2D eigenvalue weighted by Gasteiger charge is 2.19. The lowest BCUT2D eigenvalue weighted by molar-refractivity contribution is 0.0942. The zero-order valence-electron chi connectivity index (χ0n) is 15.1. The first kappa shape index (κ1) is 16.5. The predicted octanol–water partition coefficient (Wildman–Crippen LogP) is 3.94. The summed E-state index contributed by atoms with van der Waals surface area (Å²) >= 11 is 0. The van der Waals surface area contributed by atoms with E-state index in [4.69, 9.17) is 13.9 Å². The Morgan fingerprint density at radius 3 is 2.71 bits per heavy atom. The van der Waals surface area contributed by atoms with E-state index in [-0.39, 0.29) is 12.7 Å². The number of nitrogens with zero attached hydrogens (tertiary/aromatic N) is 1. The first-order valence-electron chi connectivity index (χ1n) is 9.05. The molecule has 0 atom stereocenters. The Morgan fingerprint density at radius 1 is 0.964 bits per heavy atom. The van der Waals surface area contributed by atoms with Crippen LogP contribution in [0, 0.1) is 0 Å². The number of nitrogens with one attached hydrogen (secondary N) is 1. The van der Waals surface area contributed by atoms with Gasteiger partial charge in [0.1, 0.15) is 5.69 Å². The second-order valence-corrected chi connectivity index (χ2v) is 6.64. The minimum Gasteiger partial charge on any atom is -0.463 e. The number of fused-ring (bicyclic) bond motifs is 2. The van der Waals surface area contributed by atoms with Crippen molar-refractivity contribution in [2.45, 2.75) is 13.1 Å². The van der Waals surface area contributed by atoms with Crippen molar-refractivity contribution in [3.8, 4) is 11.5 Å². The zero-order valence-corrected chi connectivity index (χ0v) is 15.1.